The number of aryl methyl sites for hydroxylation is 1. The maximum absolute atomic E-state index is 12.1. The number of benzene rings is 1. The van der Waals surface area contributed by atoms with Gasteiger partial charge in [0.15, 0.2) is 9.84 Å². The minimum Gasteiger partial charge on any atom is -0.322 e. The molecule has 5 nitrogen and oxygen atoms in total. The van der Waals surface area contributed by atoms with Crippen LogP contribution < -0.4 is 5.32 Å². The number of rotatable bonds is 3. The van der Waals surface area contributed by atoms with E-state index in [0.717, 1.165) is 11.8 Å². The topological polar surface area (TPSA) is 76.1 Å². The molecule has 0 fully saturated rings. The van der Waals surface area contributed by atoms with Crippen molar-refractivity contribution in [1.82, 2.24) is 4.98 Å². The van der Waals surface area contributed by atoms with E-state index in [9.17, 15) is 13.2 Å². The van der Waals surface area contributed by atoms with Crippen LogP contribution in [0.25, 0.3) is 0 Å². The number of sulfone groups is 1. The molecule has 0 aliphatic rings. The maximum Gasteiger partial charge on any atom is 0.257 e. The number of hydrogen-bond donors (Lipinski definition) is 1. The van der Waals surface area contributed by atoms with E-state index in [1.54, 1.807) is 25.1 Å². The second kappa shape index (κ2) is 5.95. The molecule has 1 aromatic heterocycles. The summed E-state index contributed by atoms with van der Waals surface area (Å²) in [6.07, 6.45) is 2.57. The Bertz CT molecular complexity index is 786. The zero-order valence-electron chi connectivity index (χ0n) is 11.4. The van der Waals surface area contributed by atoms with Crippen LogP contribution in [-0.2, 0) is 9.84 Å². The molecule has 0 aliphatic carbocycles. The first-order valence-electron chi connectivity index (χ1n) is 6.01. The van der Waals surface area contributed by atoms with Gasteiger partial charge < -0.3 is 5.32 Å². The van der Waals surface area contributed by atoms with Gasteiger partial charge >= 0.3 is 0 Å². The summed E-state index contributed by atoms with van der Waals surface area (Å²) >= 11 is 3.19. The van der Waals surface area contributed by atoms with E-state index in [1.165, 1.54) is 18.3 Å². The molecule has 0 saturated heterocycles. The molecule has 2 aromatic rings. The predicted molar refractivity (Wildman–Crippen MR) is 84.2 cm³/mol. The molecule has 21 heavy (non-hydrogen) atoms. The Labute approximate surface area is 131 Å². The molecule has 2 rings (SSSR count). The normalized spacial score (nSPS) is 11.2. The Kier molecular flexibility index (Phi) is 4.43. The summed E-state index contributed by atoms with van der Waals surface area (Å²) in [4.78, 5) is 16.3. The summed E-state index contributed by atoms with van der Waals surface area (Å²) in [6, 6.07) is 7.92. The number of pyridine rings is 1. The summed E-state index contributed by atoms with van der Waals surface area (Å²) in [6.45, 7) is 1.79. The van der Waals surface area contributed by atoms with Crippen LogP contribution in [0.3, 0.4) is 0 Å². The lowest BCUT2D eigenvalue weighted by Gasteiger charge is -2.10. The number of nitrogens with zero attached hydrogens (tertiary/aromatic N) is 1. The van der Waals surface area contributed by atoms with Crippen LogP contribution in [0.4, 0.5) is 5.69 Å². The van der Waals surface area contributed by atoms with Crippen LogP contribution in [0.1, 0.15) is 15.9 Å². The molecule has 0 bridgehead atoms. The lowest BCUT2D eigenvalue weighted by Crippen LogP contribution is -2.13. The molecule has 7 heteroatoms. The molecule has 0 radical (unpaired) electrons. The highest BCUT2D eigenvalue weighted by Crippen LogP contribution is 2.21. The lowest BCUT2D eigenvalue weighted by molar-refractivity contribution is 0.102. The molecule has 0 saturated carbocycles. The van der Waals surface area contributed by atoms with Gasteiger partial charge in [0.25, 0.3) is 5.91 Å². The van der Waals surface area contributed by atoms with Crippen LogP contribution in [-0.4, -0.2) is 25.6 Å². The van der Waals surface area contributed by atoms with Gasteiger partial charge in [0, 0.05) is 18.1 Å². The molecule has 1 N–H and O–H groups in total. The number of nitrogens with one attached hydrogen (secondary N) is 1. The first kappa shape index (κ1) is 15.7. The average molecular weight is 369 g/mol. The quantitative estimate of drug-likeness (QED) is 0.845. The zero-order chi connectivity index (χ0) is 15.6. The van der Waals surface area contributed by atoms with E-state index in [2.05, 4.69) is 26.2 Å². The van der Waals surface area contributed by atoms with Gasteiger partial charge in [-0.3, -0.25) is 4.79 Å². The van der Waals surface area contributed by atoms with E-state index in [-0.39, 0.29) is 10.8 Å². The first-order valence-corrected chi connectivity index (χ1v) is 8.69. The fourth-order valence-corrected chi connectivity index (χ4v) is 2.55. The summed E-state index contributed by atoms with van der Waals surface area (Å²) < 4.78 is 23.8. The second-order valence-corrected chi connectivity index (χ2v) is 7.40. The maximum atomic E-state index is 12.1. The smallest absolute Gasteiger partial charge is 0.257 e. The Hall–Kier alpha value is -1.73. The van der Waals surface area contributed by atoms with Gasteiger partial charge in [-0.05, 0) is 52.7 Å². The van der Waals surface area contributed by atoms with E-state index < -0.39 is 9.84 Å². The third kappa shape index (κ3) is 3.89. The van der Waals surface area contributed by atoms with Crippen molar-refractivity contribution in [1.29, 1.82) is 0 Å². The molecule has 0 spiro atoms. The van der Waals surface area contributed by atoms with Crippen molar-refractivity contribution in [2.24, 2.45) is 0 Å². The third-order valence-corrected chi connectivity index (χ3v) is 4.45. The molecule has 1 aromatic carbocycles. The Morgan fingerprint density at radius 3 is 2.52 bits per heavy atom. The van der Waals surface area contributed by atoms with Crippen molar-refractivity contribution < 1.29 is 13.2 Å². The largest absolute Gasteiger partial charge is 0.322 e. The number of aromatic nitrogens is 1. The number of carbonyl (C=O) groups is 1. The van der Waals surface area contributed by atoms with Gasteiger partial charge in [0.05, 0.1) is 10.5 Å². The van der Waals surface area contributed by atoms with Gasteiger partial charge in [-0.25, -0.2) is 13.4 Å². The lowest BCUT2D eigenvalue weighted by atomic mass is 10.2. The van der Waals surface area contributed by atoms with Crippen molar-refractivity contribution in [3.63, 3.8) is 0 Å². The van der Waals surface area contributed by atoms with Crippen LogP contribution in [0, 0.1) is 6.92 Å². The molecule has 0 unspecified atom stereocenters. The summed E-state index contributed by atoms with van der Waals surface area (Å²) in [5.41, 5.74) is 1.63. The van der Waals surface area contributed by atoms with E-state index in [1.807, 2.05) is 0 Å². The number of amides is 1. The highest BCUT2D eigenvalue weighted by molar-refractivity contribution is 9.10. The number of carbonyl (C=O) groups excluding carboxylic acids is 1. The van der Waals surface area contributed by atoms with Gasteiger partial charge in [-0.2, -0.15) is 0 Å². The highest BCUT2D eigenvalue weighted by Gasteiger charge is 2.12. The molecule has 0 aliphatic heterocycles. The fraction of sp³-hybridized carbons (Fsp3) is 0.143. The monoisotopic (exact) mass is 368 g/mol. The Morgan fingerprint density at radius 2 is 1.95 bits per heavy atom. The standard InChI is InChI=1S/C14H13BrN2O3S/c1-9-3-5-11(21(2,19)20)7-12(9)17-14(18)10-4-6-13(15)16-8-10/h3-8H,1-2H3,(H,17,18). The SMILES string of the molecule is Cc1ccc(S(C)(=O)=O)cc1NC(=O)c1ccc(Br)nc1. The fourth-order valence-electron chi connectivity index (χ4n) is 1.67. The van der Waals surface area contributed by atoms with Gasteiger partial charge in [0.2, 0.25) is 0 Å². The minimum atomic E-state index is -3.32. The molecule has 110 valence electrons. The van der Waals surface area contributed by atoms with Crippen molar-refractivity contribution in [2.75, 3.05) is 11.6 Å². The Balaban J connectivity index is 2.31. The predicted octanol–water partition coefficient (Wildman–Crippen LogP) is 2.81. The molecular formula is C14H13BrN2O3S. The van der Waals surface area contributed by atoms with Gasteiger partial charge in [-0.1, -0.05) is 6.07 Å². The average Bonchev–Trinajstić information content (AvgIpc) is 2.40. The van der Waals surface area contributed by atoms with E-state index in [0.29, 0.717) is 15.9 Å². The zero-order valence-corrected chi connectivity index (χ0v) is 13.8. The third-order valence-electron chi connectivity index (χ3n) is 2.87. The number of hydrogen-bond acceptors (Lipinski definition) is 4. The Morgan fingerprint density at radius 1 is 1.24 bits per heavy atom. The number of halogens is 1. The van der Waals surface area contributed by atoms with Crippen LogP contribution in [0.5, 0.6) is 0 Å². The molecule has 1 amide bonds. The second-order valence-electron chi connectivity index (χ2n) is 4.57. The first-order chi connectivity index (χ1) is 9.77. The van der Waals surface area contributed by atoms with Crippen molar-refractivity contribution in [3.8, 4) is 0 Å². The van der Waals surface area contributed by atoms with Gasteiger partial charge in [0.1, 0.15) is 4.60 Å². The van der Waals surface area contributed by atoms with Crippen LogP contribution in [0.2, 0.25) is 0 Å². The van der Waals surface area contributed by atoms with Crippen LogP contribution in [0.15, 0.2) is 46.0 Å². The molecule has 1 heterocycles. The molecular weight excluding hydrogens is 356 g/mol. The highest BCUT2D eigenvalue weighted by atomic mass is 79.9. The van der Waals surface area contributed by atoms with Crippen molar-refractivity contribution in [3.05, 3.63) is 52.3 Å². The van der Waals surface area contributed by atoms with Gasteiger partial charge in [-0.15, -0.1) is 0 Å². The van der Waals surface area contributed by atoms with Crippen molar-refractivity contribution >= 4 is 37.4 Å². The van der Waals surface area contributed by atoms with Crippen molar-refractivity contribution in [2.45, 2.75) is 11.8 Å². The van der Waals surface area contributed by atoms with E-state index in [4.69, 9.17) is 0 Å². The summed E-state index contributed by atoms with van der Waals surface area (Å²) in [7, 11) is -3.32. The number of anilines is 1. The minimum absolute atomic E-state index is 0.164. The molecule has 0 atom stereocenters. The summed E-state index contributed by atoms with van der Waals surface area (Å²) in [5.74, 6) is -0.344. The van der Waals surface area contributed by atoms with E-state index >= 15 is 0 Å². The van der Waals surface area contributed by atoms with Crippen LogP contribution >= 0.6 is 15.9 Å². The summed E-state index contributed by atoms with van der Waals surface area (Å²) in [5, 5.41) is 2.70.